The zero-order valence-electron chi connectivity index (χ0n) is 8.73. The molecule has 0 fully saturated rings. The van der Waals surface area contributed by atoms with Gasteiger partial charge in [0, 0.05) is 11.9 Å². The summed E-state index contributed by atoms with van der Waals surface area (Å²) in [5.74, 6) is -0.360. The van der Waals surface area contributed by atoms with E-state index in [0.717, 1.165) is 0 Å². The van der Waals surface area contributed by atoms with Gasteiger partial charge in [0.05, 0.1) is 20.1 Å². The molecule has 15 heavy (non-hydrogen) atoms. The summed E-state index contributed by atoms with van der Waals surface area (Å²) in [5, 5.41) is 0. The van der Waals surface area contributed by atoms with Crippen LogP contribution in [0.4, 0.5) is 4.79 Å². The molecule has 0 aliphatic carbocycles. The van der Waals surface area contributed by atoms with E-state index in [2.05, 4.69) is 4.74 Å². The fourth-order valence-electron chi connectivity index (χ4n) is 1.20. The summed E-state index contributed by atoms with van der Waals surface area (Å²) < 4.78 is 10.6. The Labute approximate surface area is 87.6 Å². The summed E-state index contributed by atoms with van der Waals surface area (Å²) in [6.07, 6.45) is 1.09. The highest BCUT2D eigenvalue weighted by Crippen LogP contribution is 2.05. The second-order valence-corrected chi connectivity index (χ2v) is 2.82. The molecule has 0 aliphatic heterocycles. The molecule has 0 unspecified atom stereocenters. The van der Waals surface area contributed by atoms with Gasteiger partial charge in [0.15, 0.2) is 0 Å². The molecule has 5 nitrogen and oxygen atoms in total. The number of hydrogen-bond donors (Lipinski definition) is 0. The fourth-order valence-corrected chi connectivity index (χ4v) is 1.20. The third-order valence-corrected chi connectivity index (χ3v) is 1.84. The van der Waals surface area contributed by atoms with Crippen molar-refractivity contribution in [3.05, 3.63) is 24.0 Å². The summed E-state index contributed by atoms with van der Waals surface area (Å²) >= 11 is 0. The van der Waals surface area contributed by atoms with Crippen LogP contribution in [0.25, 0.3) is 0 Å². The highest BCUT2D eigenvalue weighted by atomic mass is 16.5. The maximum Gasteiger partial charge on any atom is 0.417 e. The van der Waals surface area contributed by atoms with Crippen LogP contribution in [-0.4, -0.2) is 30.3 Å². The fraction of sp³-hybridized carbons (Fsp3) is 0.400. The Morgan fingerprint density at radius 2 is 2.20 bits per heavy atom. The molecule has 0 aliphatic rings. The van der Waals surface area contributed by atoms with Crippen molar-refractivity contribution >= 4 is 12.1 Å². The molecule has 0 aromatic carbocycles. The number of carbonyl (C=O) groups is 2. The lowest BCUT2D eigenvalue weighted by Gasteiger charge is -2.05. The first kappa shape index (κ1) is 11.3. The standard InChI is InChI=1S/C10H13NO4/c1-3-15-9(12)7-8-5-4-6-11(8)10(13)14-2/h4-6H,3,7H2,1-2H3. The average Bonchev–Trinajstić information content (AvgIpc) is 2.65. The van der Waals surface area contributed by atoms with E-state index in [1.54, 1.807) is 25.3 Å². The van der Waals surface area contributed by atoms with Gasteiger partial charge in [0.2, 0.25) is 0 Å². The summed E-state index contributed by atoms with van der Waals surface area (Å²) in [6.45, 7) is 2.06. The molecule has 82 valence electrons. The van der Waals surface area contributed by atoms with Crippen LogP contribution in [0, 0.1) is 0 Å². The van der Waals surface area contributed by atoms with Crippen LogP contribution >= 0.6 is 0 Å². The van der Waals surface area contributed by atoms with Gasteiger partial charge in [-0.3, -0.25) is 9.36 Å². The monoisotopic (exact) mass is 211 g/mol. The minimum Gasteiger partial charge on any atom is -0.466 e. The van der Waals surface area contributed by atoms with E-state index in [-0.39, 0.29) is 12.4 Å². The Balaban J connectivity index is 2.73. The Hall–Kier alpha value is -1.78. The van der Waals surface area contributed by atoms with Crippen molar-refractivity contribution in [2.45, 2.75) is 13.3 Å². The molecule has 0 N–H and O–H groups in total. The average molecular weight is 211 g/mol. The lowest BCUT2D eigenvalue weighted by atomic mass is 10.3. The van der Waals surface area contributed by atoms with Gasteiger partial charge in [0.25, 0.3) is 0 Å². The highest BCUT2D eigenvalue weighted by Gasteiger charge is 2.12. The maximum absolute atomic E-state index is 11.2. The van der Waals surface area contributed by atoms with E-state index in [4.69, 9.17) is 4.74 Å². The van der Waals surface area contributed by atoms with Gasteiger partial charge in [-0.25, -0.2) is 4.79 Å². The number of hydrogen-bond acceptors (Lipinski definition) is 4. The van der Waals surface area contributed by atoms with Gasteiger partial charge in [-0.15, -0.1) is 0 Å². The SMILES string of the molecule is CCOC(=O)Cc1cccn1C(=O)OC. The van der Waals surface area contributed by atoms with Gasteiger partial charge in [-0.2, -0.15) is 0 Å². The van der Waals surface area contributed by atoms with Crippen molar-refractivity contribution in [1.29, 1.82) is 0 Å². The molecule has 1 rings (SSSR count). The number of carbonyl (C=O) groups excluding carboxylic acids is 2. The molecule has 0 saturated heterocycles. The molecule has 0 bridgehead atoms. The number of esters is 1. The third kappa shape index (κ3) is 2.83. The number of ether oxygens (including phenoxy) is 2. The lowest BCUT2D eigenvalue weighted by molar-refractivity contribution is -0.142. The molecular formula is C10H13NO4. The summed E-state index contributed by atoms with van der Waals surface area (Å²) in [5.41, 5.74) is 0.556. The largest absolute Gasteiger partial charge is 0.466 e. The van der Waals surface area contributed by atoms with Gasteiger partial charge in [0.1, 0.15) is 0 Å². The van der Waals surface area contributed by atoms with Crippen LogP contribution in [0.15, 0.2) is 18.3 Å². The van der Waals surface area contributed by atoms with Gasteiger partial charge in [-0.05, 0) is 19.1 Å². The van der Waals surface area contributed by atoms with E-state index < -0.39 is 6.09 Å². The zero-order chi connectivity index (χ0) is 11.3. The first-order valence-electron chi connectivity index (χ1n) is 4.59. The molecule has 1 aromatic rings. The topological polar surface area (TPSA) is 57.5 Å². The summed E-state index contributed by atoms with van der Waals surface area (Å²) in [6, 6.07) is 3.35. The van der Waals surface area contributed by atoms with Crippen LogP contribution in [0.2, 0.25) is 0 Å². The van der Waals surface area contributed by atoms with Crippen LogP contribution in [0.5, 0.6) is 0 Å². The van der Waals surface area contributed by atoms with Crippen LogP contribution in [-0.2, 0) is 20.7 Å². The van der Waals surface area contributed by atoms with Crippen LogP contribution in [0.3, 0.4) is 0 Å². The predicted molar refractivity (Wildman–Crippen MR) is 52.6 cm³/mol. The molecule has 0 atom stereocenters. The van der Waals surface area contributed by atoms with Crippen LogP contribution in [0.1, 0.15) is 12.6 Å². The third-order valence-electron chi connectivity index (χ3n) is 1.84. The van der Waals surface area contributed by atoms with Gasteiger partial charge < -0.3 is 9.47 Å². The Morgan fingerprint density at radius 1 is 1.47 bits per heavy atom. The number of rotatable bonds is 3. The van der Waals surface area contributed by atoms with E-state index in [1.807, 2.05) is 0 Å². The number of nitrogens with zero attached hydrogens (tertiary/aromatic N) is 1. The zero-order valence-corrected chi connectivity index (χ0v) is 8.73. The normalized spacial score (nSPS) is 9.73. The maximum atomic E-state index is 11.2. The van der Waals surface area contributed by atoms with Crippen LogP contribution < -0.4 is 0 Å². The Bertz CT molecular complexity index is 356. The molecule has 0 saturated carbocycles. The molecule has 5 heteroatoms. The predicted octanol–water partition coefficient (Wildman–Crippen LogP) is 1.21. The van der Waals surface area contributed by atoms with E-state index >= 15 is 0 Å². The minimum absolute atomic E-state index is 0.0654. The Kier molecular flexibility index (Phi) is 3.91. The molecule has 1 aromatic heterocycles. The lowest BCUT2D eigenvalue weighted by Crippen LogP contribution is -2.17. The smallest absolute Gasteiger partial charge is 0.417 e. The number of aromatic nitrogens is 1. The molecular weight excluding hydrogens is 198 g/mol. The van der Waals surface area contributed by atoms with Gasteiger partial charge in [-0.1, -0.05) is 0 Å². The van der Waals surface area contributed by atoms with Crippen molar-refractivity contribution in [2.75, 3.05) is 13.7 Å². The summed E-state index contributed by atoms with van der Waals surface area (Å²) in [7, 11) is 1.29. The van der Waals surface area contributed by atoms with E-state index in [1.165, 1.54) is 11.7 Å². The molecule has 1 heterocycles. The van der Waals surface area contributed by atoms with Crippen molar-refractivity contribution in [3.8, 4) is 0 Å². The van der Waals surface area contributed by atoms with Crippen molar-refractivity contribution in [2.24, 2.45) is 0 Å². The van der Waals surface area contributed by atoms with E-state index in [9.17, 15) is 9.59 Å². The first-order valence-corrected chi connectivity index (χ1v) is 4.59. The van der Waals surface area contributed by atoms with Gasteiger partial charge >= 0.3 is 12.1 Å². The molecule has 0 amide bonds. The second-order valence-electron chi connectivity index (χ2n) is 2.82. The Morgan fingerprint density at radius 3 is 2.80 bits per heavy atom. The quantitative estimate of drug-likeness (QED) is 0.705. The van der Waals surface area contributed by atoms with Crippen molar-refractivity contribution in [3.63, 3.8) is 0 Å². The first-order chi connectivity index (χ1) is 7.19. The minimum atomic E-state index is -0.515. The van der Waals surface area contributed by atoms with Crippen molar-refractivity contribution in [1.82, 2.24) is 4.57 Å². The highest BCUT2D eigenvalue weighted by molar-refractivity contribution is 5.76. The second kappa shape index (κ2) is 5.19. The summed E-state index contributed by atoms with van der Waals surface area (Å²) in [4.78, 5) is 22.4. The van der Waals surface area contributed by atoms with Crippen molar-refractivity contribution < 1.29 is 19.1 Å². The molecule has 0 radical (unpaired) electrons. The number of methoxy groups -OCH3 is 1. The van der Waals surface area contributed by atoms with E-state index in [0.29, 0.717) is 12.3 Å². The molecule has 0 spiro atoms.